The number of nitrogens with zero attached hydrogens (tertiary/aromatic N) is 3. The van der Waals surface area contributed by atoms with Crippen molar-refractivity contribution in [2.75, 3.05) is 10.8 Å². The van der Waals surface area contributed by atoms with Crippen molar-refractivity contribution in [1.29, 1.82) is 0 Å². The van der Waals surface area contributed by atoms with Crippen LogP contribution < -0.4 is 4.31 Å². The van der Waals surface area contributed by atoms with Crippen LogP contribution in [0.25, 0.3) is 0 Å². The molecule has 0 saturated carbocycles. The molecule has 0 spiro atoms. The van der Waals surface area contributed by atoms with Crippen molar-refractivity contribution in [2.45, 2.75) is 25.3 Å². The highest BCUT2D eigenvalue weighted by Crippen LogP contribution is 2.27. The van der Waals surface area contributed by atoms with Gasteiger partial charge in [-0.05, 0) is 44.2 Å². The van der Waals surface area contributed by atoms with E-state index in [-0.39, 0.29) is 34.5 Å². The lowest BCUT2D eigenvalue weighted by Crippen LogP contribution is -2.30. The number of esters is 1. The predicted molar refractivity (Wildman–Crippen MR) is 106 cm³/mol. The Morgan fingerprint density at radius 2 is 1.93 bits per heavy atom. The summed E-state index contributed by atoms with van der Waals surface area (Å²) in [4.78, 5) is 16.3. The molecule has 0 aliphatic rings. The zero-order valence-corrected chi connectivity index (χ0v) is 17.3. The van der Waals surface area contributed by atoms with E-state index < -0.39 is 16.0 Å². The number of carbonyl (C=O) groups is 1. The summed E-state index contributed by atoms with van der Waals surface area (Å²) in [7, 11) is -3.91. The highest BCUT2D eigenvalue weighted by atomic mass is 35.5. The molecule has 3 aromatic rings. The van der Waals surface area contributed by atoms with Crippen LogP contribution in [0.2, 0.25) is 5.02 Å². The Hall–Kier alpha value is -2.91. The van der Waals surface area contributed by atoms with E-state index in [1.807, 2.05) is 0 Å². The fraction of sp³-hybridized carbons (Fsp3) is 0.211. The van der Waals surface area contributed by atoms with Crippen molar-refractivity contribution in [3.8, 4) is 0 Å². The number of carbonyl (C=O) groups excluding carboxylic acids is 1. The number of rotatable bonds is 7. The maximum atomic E-state index is 13.1. The molecular weight excluding hydrogens is 418 g/mol. The van der Waals surface area contributed by atoms with Gasteiger partial charge >= 0.3 is 5.97 Å². The molecule has 0 aliphatic carbocycles. The van der Waals surface area contributed by atoms with Gasteiger partial charge in [-0.3, -0.25) is 4.31 Å². The van der Waals surface area contributed by atoms with E-state index in [0.717, 1.165) is 0 Å². The molecule has 1 heterocycles. The Bertz CT molecular complexity index is 1120. The van der Waals surface area contributed by atoms with E-state index in [0.29, 0.717) is 11.5 Å². The third-order valence-corrected chi connectivity index (χ3v) is 6.20. The maximum absolute atomic E-state index is 13.1. The van der Waals surface area contributed by atoms with Gasteiger partial charge in [0.25, 0.3) is 15.9 Å². The second-order valence-electron chi connectivity index (χ2n) is 5.96. The van der Waals surface area contributed by atoms with Crippen LogP contribution in [0.3, 0.4) is 0 Å². The zero-order chi connectivity index (χ0) is 21.0. The smallest absolute Gasteiger partial charge is 0.340 e. The third-order valence-electron chi connectivity index (χ3n) is 3.97. The van der Waals surface area contributed by atoms with E-state index >= 15 is 0 Å². The lowest BCUT2D eigenvalue weighted by atomic mass is 10.2. The molecule has 0 radical (unpaired) electrons. The second kappa shape index (κ2) is 8.62. The predicted octanol–water partition coefficient (Wildman–Crippen LogP) is 3.60. The summed E-state index contributed by atoms with van der Waals surface area (Å²) in [5.41, 5.74) is 0.439. The van der Waals surface area contributed by atoms with Gasteiger partial charge in [0.15, 0.2) is 12.4 Å². The molecule has 152 valence electrons. The van der Waals surface area contributed by atoms with Gasteiger partial charge in [-0.1, -0.05) is 35.0 Å². The van der Waals surface area contributed by atoms with Gasteiger partial charge in [-0.15, -0.1) is 0 Å². The van der Waals surface area contributed by atoms with E-state index in [1.165, 1.54) is 22.5 Å². The van der Waals surface area contributed by atoms with Gasteiger partial charge < -0.3 is 9.26 Å². The molecule has 0 saturated heterocycles. The van der Waals surface area contributed by atoms with Crippen molar-refractivity contribution in [2.24, 2.45) is 0 Å². The molecule has 0 bridgehead atoms. The first-order valence-corrected chi connectivity index (χ1v) is 10.5. The number of anilines is 1. The Morgan fingerprint density at radius 3 is 2.55 bits per heavy atom. The zero-order valence-electron chi connectivity index (χ0n) is 15.7. The Balaban J connectivity index is 1.88. The fourth-order valence-corrected chi connectivity index (χ4v) is 4.33. The minimum absolute atomic E-state index is 0.0680. The molecule has 0 aliphatic heterocycles. The van der Waals surface area contributed by atoms with E-state index in [2.05, 4.69) is 10.1 Å². The number of ether oxygens (including phenoxy) is 1. The summed E-state index contributed by atoms with van der Waals surface area (Å²) < 4.78 is 37.5. The summed E-state index contributed by atoms with van der Waals surface area (Å²) in [6.45, 7) is 3.32. The number of aryl methyl sites for hydroxylation is 1. The first kappa shape index (κ1) is 20.8. The molecule has 0 unspecified atom stereocenters. The number of aromatic nitrogens is 2. The number of sulfonamides is 1. The average Bonchev–Trinajstić information content (AvgIpc) is 3.12. The van der Waals surface area contributed by atoms with Gasteiger partial charge in [-0.2, -0.15) is 4.98 Å². The highest BCUT2D eigenvalue weighted by molar-refractivity contribution is 7.92. The first-order chi connectivity index (χ1) is 13.8. The summed E-state index contributed by atoms with van der Waals surface area (Å²) in [5.74, 6) is -0.273. The van der Waals surface area contributed by atoms with Gasteiger partial charge in [-0.25, -0.2) is 13.2 Å². The number of para-hydroxylation sites is 1. The van der Waals surface area contributed by atoms with E-state index in [9.17, 15) is 13.2 Å². The first-order valence-electron chi connectivity index (χ1n) is 8.66. The topological polar surface area (TPSA) is 103 Å². The number of benzene rings is 2. The van der Waals surface area contributed by atoms with E-state index in [1.54, 1.807) is 44.2 Å². The van der Waals surface area contributed by atoms with Crippen LogP contribution in [0.1, 0.15) is 29.0 Å². The highest BCUT2D eigenvalue weighted by Gasteiger charge is 2.26. The van der Waals surface area contributed by atoms with Crippen LogP contribution >= 0.6 is 11.6 Å². The summed E-state index contributed by atoms with van der Waals surface area (Å²) >= 11 is 6.10. The Morgan fingerprint density at radius 1 is 1.21 bits per heavy atom. The maximum Gasteiger partial charge on any atom is 0.340 e. The van der Waals surface area contributed by atoms with Crippen LogP contribution in [0.4, 0.5) is 5.69 Å². The molecular formula is C19H18ClN3O5S. The second-order valence-corrected chi connectivity index (χ2v) is 8.23. The van der Waals surface area contributed by atoms with Crippen molar-refractivity contribution >= 4 is 33.3 Å². The molecule has 0 N–H and O–H groups in total. The van der Waals surface area contributed by atoms with Crippen LogP contribution in [0.5, 0.6) is 0 Å². The van der Waals surface area contributed by atoms with Crippen LogP contribution in [-0.4, -0.2) is 31.1 Å². The fourth-order valence-electron chi connectivity index (χ4n) is 2.64. The molecule has 0 fully saturated rings. The van der Waals surface area contributed by atoms with Crippen LogP contribution in [-0.2, 0) is 21.4 Å². The third kappa shape index (κ3) is 4.57. The van der Waals surface area contributed by atoms with Gasteiger partial charge in [0.05, 0.1) is 21.2 Å². The van der Waals surface area contributed by atoms with Crippen molar-refractivity contribution < 1.29 is 22.5 Å². The van der Waals surface area contributed by atoms with Crippen LogP contribution in [0.15, 0.2) is 57.9 Å². The Kier molecular flexibility index (Phi) is 6.19. The van der Waals surface area contributed by atoms with Crippen LogP contribution in [0, 0.1) is 6.92 Å². The standard InChI is InChI=1S/C19H18ClN3O5S/c1-3-23(14-7-5-4-6-8-14)29(25,26)15-9-10-17(20)16(11-15)19(24)27-12-18-21-13(2)22-28-18/h4-11H,3,12H2,1-2H3. The number of halogens is 1. The van der Waals surface area contributed by atoms with Crippen molar-refractivity contribution in [3.05, 3.63) is 70.8 Å². The summed E-state index contributed by atoms with van der Waals surface area (Å²) in [6.07, 6.45) is 0. The quantitative estimate of drug-likeness (QED) is 0.522. The largest absolute Gasteiger partial charge is 0.452 e. The monoisotopic (exact) mass is 435 g/mol. The van der Waals surface area contributed by atoms with Crippen molar-refractivity contribution in [3.63, 3.8) is 0 Å². The van der Waals surface area contributed by atoms with Gasteiger partial charge in [0.1, 0.15) is 0 Å². The van der Waals surface area contributed by atoms with Gasteiger partial charge in [0.2, 0.25) is 0 Å². The minimum atomic E-state index is -3.91. The molecule has 10 heteroatoms. The molecule has 8 nitrogen and oxygen atoms in total. The average molecular weight is 436 g/mol. The molecule has 0 atom stereocenters. The van der Waals surface area contributed by atoms with Gasteiger partial charge in [0, 0.05) is 6.54 Å². The SMILES string of the molecule is CCN(c1ccccc1)S(=O)(=O)c1ccc(Cl)c(C(=O)OCc2nc(C)no2)c1. The van der Waals surface area contributed by atoms with Crippen molar-refractivity contribution in [1.82, 2.24) is 10.1 Å². The normalized spacial score (nSPS) is 11.3. The minimum Gasteiger partial charge on any atom is -0.452 e. The molecule has 29 heavy (non-hydrogen) atoms. The lowest BCUT2D eigenvalue weighted by Gasteiger charge is -2.23. The Labute approximate surface area is 173 Å². The molecule has 1 aromatic heterocycles. The molecule has 3 rings (SSSR count). The lowest BCUT2D eigenvalue weighted by molar-refractivity contribution is 0.0429. The summed E-state index contributed by atoms with van der Waals surface area (Å²) in [5, 5.41) is 3.67. The number of hydrogen-bond donors (Lipinski definition) is 0. The van der Waals surface area contributed by atoms with E-state index in [4.69, 9.17) is 20.9 Å². The number of hydrogen-bond acceptors (Lipinski definition) is 7. The molecule has 0 amide bonds. The molecule has 2 aromatic carbocycles. The summed E-state index contributed by atoms with van der Waals surface area (Å²) in [6, 6.07) is 12.6.